The van der Waals surface area contributed by atoms with Crippen molar-refractivity contribution in [2.45, 2.75) is 6.92 Å². The van der Waals surface area contributed by atoms with Crippen LogP contribution in [0.1, 0.15) is 33.3 Å². The quantitative estimate of drug-likeness (QED) is 0.0785. The maximum atomic E-state index is 13.4. The number of halogens is 1. The first-order chi connectivity index (χ1) is 20.9. The van der Waals surface area contributed by atoms with Gasteiger partial charge in [0, 0.05) is 27.1 Å². The van der Waals surface area contributed by atoms with Gasteiger partial charge in [-0.2, -0.15) is 5.10 Å². The maximum absolute atomic E-state index is 13.4. The number of carbonyl (C=O) groups excluding carboxylic acids is 2. The Morgan fingerprint density at radius 1 is 0.907 bits per heavy atom. The lowest BCUT2D eigenvalue weighted by Gasteiger charge is -2.11. The molecule has 0 unspecified atom stereocenters. The zero-order chi connectivity index (χ0) is 30.3. The van der Waals surface area contributed by atoms with Gasteiger partial charge in [0.05, 0.1) is 32.6 Å². The van der Waals surface area contributed by atoms with E-state index in [1.165, 1.54) is 6.21 Å². The number of benzene rings is 4. The van der Waals surface area contributed by atoms with E-state index in [9.17, 15) is 9.59 Å². The van der Waals surface area contributed by atoms with Gasteiger partial charge in [-0.3, -0.25) is 4.79 Å². The van der Waals surface area contributed by atoms with Gasteiger partial charge in [-0.05, 0) is 79.2 Å². The van der Waals surface area contributed by atoms with Gasteiger partial charge in [0.2, 0.25) is 0 Å². The van der Waals surface area contributed by atoms with Crippen molar-refractivity contribution in [1.29, 1.82) is 0 Å². The number of carbonyl (C=O) groups is 2. The second-order valence-electron chi connectivity index (χ2n) is 9.22. The summed E-state index contributed by atoms with van der Waals surface area (Å²) < 4.78 is 21.8. The molecule has 0 bridgehead atoms. The summed E-state index contributed by atoms with van der Waals surface area (Å²) in [6.07, 6.45) is 1.47. The minimum absolute atomic E-state index is 0.252. The zero-order valence-corrected chi connectivity index (χ0v) is 24.4. The van der Waals surface area contributed by atoms with Crippen LogP contribution in [-0.2, 0) is 0 Å². The van der Waals surface area contributed by atoms with E-state index < -0.39 is 11.9 Å². The Balaban J connectivity index is 1.37. The largest absolute Gasteiger partial charge is 0.497 e. The number of hydrogen-bond donors (Lipinski definition) is 2. The summed E-state index contributed by atoms with van der Waals surface area (Å²) in [5, 5.41) is 5.44. The highest BCUT2D eigenvalue weighted by Gasteiger charge is 2.21. The van der Waals surface area contributed by atoms with Crippen LogP contribution < -0.4 is 24.4 Å². The Labute approximate surface area is 253 Å². The van der Waals surface area contributed by atoms with Crippen molar-refractivity contribution in [3.8, 4) is 34.1 Å². The van der Waals surface area contributed by atoms with Crippen LogP contribution in [-0.4, -0.2) is 43.9 Å². The van der Waals surface area contributed by atoms with Gasteiger partial charge in [0.1, 0.15) is 17.2 Å². The number of hydrogen-bond acceptors (Lipinski definition) is 7. The molecule has 43 heavy (non-hydrogen) atoms. The third-order valence-electron chi connectivity index (χ3n) is 6.55. The van der Waals surface area contributed by atoms with Crippen molar-refractivity contribution in [2.75, 3.05) is 20.8 Å². The zero-order valence-electron chi connectivity index (χ0n) is 23.6. The Hall–Kier alpha value is -5.28. The van der Waals surface area contributed by atoms with Crippen molar-refractivity contribution in [1.82, 2.24) is 10.4 Å². The molecule has 218 valence electrons. The molecule has 0 atom stereocenters. The van der Waals surface area contributed by atoms with Gasteiger partial charge in [0.25, 0.3) is 5.91 Å². The molecule has 0 spiro atoms. The molecule has 2 N–H and O–H groups in total. The number of ether oxygens (including phenoxy) is 4. The highest BCUT2D eigenvalue weighted by atomic mass is 35.5. The second-order valence-corrected chi connectivity index (χ2v) is 9.63. The first kappa shape index (κ1) is 29.2. The Morgan fingerprint density at radius 3 is 2.37 bits per heavy atom. The van der Waals surface area contributed by atoms with Gasteiger partial charge < -0.3 is 23.9 Å². The van der Waals surface area contributed by atoms with Gasteiger partial charge >= 0.3 is 5.97 Å². The van der Waals surface area contributed by atoms with E-state index in [0.29, 0.717) is 56.8 Å². The van der Waals surface area contributed by atoms with Crippen LogP contribution in [0, 0.1) is 0 Å². The molecular formula is C33H28ClN3O6. The van der Waals surface area contributed by atoms with Crippen molar-refractivity contribution in [3.63, 3.8) is 0 Å². The predicted octanol–water partition coefficient (Wildman–Crippen LogP) is 6.89. The number of aromatic amines is 1. The van der Waals surface area contributed by atoms with Gasteiger partial charge in [-0.15, -0.1) is 0 Å². The van der Waals surface area contributed by atoms with Crippen LogP contribution in [0.2, 0.25) is 5.02 Å². The normalized spacial score (nSPS) is 11.0. The standard InChI is InChI=1S/C33H28ClN3O6/c1-4-42-29-17-20(9-16-28(29)43-33(39)21-10-12-22(40-2)13-11-21)19-35-37-32(38)31-30(24-7-5-6-8-26(24)34)25-18-23(41-3)14-15-27(25)36-31/h5-19,36H,4H2,1-3H3,(H,37,38). The van der Waals surface area contributed by atoms with Gasteiger partial charge in [-0.1, -0.05) is 29.8 Å². The van der Waals surface area contributed by atoms with Crippen LogP contribution in [0.4, 0.5) is 0 Å². The van der Waals surface area contributed by atoms with E-state index in [1.54, 1.807) is 62.8 Å². The number of amides is 1. The fraction of sp³-hybridized carbons (Fsp3) is 0.121. The summed E-state index contributed by atoms with van der Waals surface area (Å²) in [4.78, 5) is 29.2. The SMILES string of the molecule is CCOc1cc(C=NNC(=O)c2[nH]c3ccc(OC)cc3c2-c2ccccc2Cl)ccc1OC(=O)c1ccc(OC)cc1. The average molecular weight is 598 g/mol. The molecule has 0 saturated carbocycles. The summed E-state index contributed by atoms with van der Waals surface area (Å²) >= 11 is 6.53. The van der Waals surface area contributed by atoms with Crippen molar-refractivity contribution in [3.05, 3.63) is 107 Å². The second kappa shape index (κ2) is 13.1. The molecule has 0 aliphatic carbocycles. The number of H-pyrrole nitrogens is 1. The van der Waals surface area contributed by atoms with Gasteiger partial charge in [-0.25, -0.2) is 10.2 Å². The first-order valence-electron chi connectivity index (χ1n) is 13.3. The smallest absolute Gasteiger partial charge is 0.343 e. The number of fused-ring (bicyclic) bond motifs is 1. The lowest BCUT2D eigenvalue weighted by atomic mass is 10.0. The molecular weight excluding hydrogens is 570 g/mol. The first-order valence-corrected chi connectivity index (χ1v) is 13.7. The lowest BCUT2D eigenvalue weighted by Crippen LogP contribution is -2.19. The summed E-state index contributed by atoms with van der Waals surface area (Å²) in [5.41, 5.74) is 5.92. The molecule has 0 aliphatic heterocycles. The Kier molecular flexibility index (Phi) is 8.93. The topological polar surface area (TPSA) is 111 Å². The van der Waals surface area contributed by atoms with Crippen LogP contribution in [0.15, 0.2) is 90.0 Å². The highest BCUT2D eigenvalue weighted by molar-refractivity contribution is 6.34. The summed E-state index contributed by atoms with van der Waals surface area (Å²) in [7, 11) is 3.13. The molecule has 1 amide bonds. The highest BCUT2D eigenvalue weighted by Crippen LogP contribution is 2.38. The van der Waals surface area contributed by atoms with E-state index in [1.807, 2.05) is 43.3 Å². The molecule has 0 fully saturated rings. The fourth-order valence-electron chi connectivity index (χ4n) is 4.48. The van der Waals surface area contributed by atoms with E-state index in [2.05, 4.69) is 15.5 Å². The van der Waals surface area contributed by atoms with Crippen LogP contribution in [0.3, 0.4) is 0 Å². The summed E-state index contributed by atoms with van der Waals surface area (Å²) in [6.45, 7) is 2.17. The number of esters is 1. The third kappa shape index (κ3) is 6.47. The number of nitrogens with one attached hydrogen (secondary N) is 2. The summed E-state index contributed by atoms with van der Waals surface area (Å²) in [6, 6.07) is 24.4. The molecule has 10 heteroatoms. The van der Waals surface area contributed by atoms with Gasteiger partial charge in [0.15, 0.2) is 11.5 Å². The third-order valence-corrected chi connectivity index (χ3v) is 6.88. The van der Waals surface area contributed by atoms with Crippen LogP contribution in [0.5, 0.6) is 23.0 Å². The Bertz CT molecular complexity index is 1810. The molecule has 0 saturated heterocycles. The number of rotatable bonds is 10. The molecule has 9 nitrogen and oxygen atoms in total. The molecule has 1 heterocycles. The summed E-state index contributed by atoms with van der Waals surface area (Å²) in [5.74, 6) is 0.881. The minimum atomic E-state index is -0.539. The number of methoxy groups -OCH3 is 2. The fourth-order valence-corrected chi connectivity index (χ4v) is 4.71. The van der Waals surface area contributed by atoms with Crippen LogP contribution >= 0.6 is 11.6 Å². The average Bonchev–Trinajstić information content (AvgIpc) is 3.41. The molecule has 4 aromatic carbocycles. The van der Waals surface area contributed by atoms with Crippen molar-refractivity contribution < 1.29 is 28.5 Å². The number of hydrazone groups is 1. The Morgan fingerprint density at radius 2 is 1.65 bits per heavy atom. The molecule has 0 radical (unpaired) electrons. The molecule has 1 aromatic heterocycles. The monoisotopic (exact) mass is 597 g/mol. The van der Waals surface area contributed by atoms with Crippen molar-refractivity contribution in [2.24, 2.45) is 5.10 Å². The van der Waals surface area contributed by atoms with Crippen LogP contribution in [0.25, 0.3) is 22.0 Å². The molecule has 0 aliphatic rings. The minimum Gasteiger partial charge on any atom is -0.497 e. The number of nitrogens with zero attached hydrogens (tertiary/aromatic N) is 1. The maximum Gasteiger partial charge on any atom is 0.343 e. The molecule has 5 aromatic rings. The van der Waals surface area contributed by atoms with E-state index in [0.717, 1.165) is 10.9 Å². The van der Waals surface area contributed by atoms with E-state index in [-0.39, 0.29) is 5.75 Å². The molecule has 5 rings (SSSR count). The number of aromatic nitrogens is 1. The lowest BCUT2D eigenvalue weighted by molar-refractivity contribution is 0.0728. The van der Waals surface area contributed by atoms with E-state index >= 15 is 0 Å². The predicted molar refractivity (Wildman–Crippen MR) is 166 cm³/mol. The van der Waals surface area contributed by atoms with E-state index in [4.69, 9.17) is 30.5 Å². The van der Waals surface area contributed by atoms with Crippen molar-refractivity contribution >= 4 is 40.6 Å².